The van der Waals surface area contributed by atoms with Crippen molar-refractivity contribution >= 4 is 47.4 Å². The molecule has 1 aliphatic rings. The van der Waals surface area contributed by atoms with E-state index in [0.717, 1.165) is 37.6 Å². The zero-order chi connectivity index (χ0) is 16.7. The van der Waals surface area contributed by atoms with E-state index in [2.05, 4.69) is 20.6 Å². The van der Waals surface area contributed by atoms with Crippen LogP contribution in [0.3, 0.4) is 0 Å². The van der Waals surface area contributed by atoms with Crippen molar-refractivity contribution in [3.63, 3.8) is 0 Å². The topological polar surface area (TPSA) is 69.6 Å². The number of carbonyl (C=O) groups excluding carboxylic acids is 1. The number of halogens is 2. The third-order valence-corrected chi connectivity index (χ3v) is 3.96. The molecule has 2 N–H and O–H groups in total. The summed E-state index contributed by atoms with van der Waals surface area (Å²) < 4.78 is 0. The lowest BCUT2D eigenvalue weighted by molar-refractivity contribution is -0.129. The molecule has 134 valence electrons. The number of guanidine groups is 1. The molecule has 1 atom stereocenters. The maximum atomic E-state index is 11.7. The van der Waals surface area contributed by atoms with Crippen LogP contribution in [0.4, 0.5) is 0 Å². The normalized spacial score (nSPS) is 17.4. The average Bonchev–Trinajstić information content (AvgIpc) is 3.02. The van der Waals surface area contributed by atoms with E-state index in [1.54, 1.807) is 12.3 Å². The number of likely N-dealkylation sites (tertiary alicyclic amines) is 1. The highest BCUT2D eigenvalue weighted by Gasteiger charge is 2.25. The van der Waals surface area contributed by atoms with Crippen molar-refractivity contribution in [2.45, 2.75) is 39.3 Å². The standard InChI is InChI=1S/C16H24ClN5O.HI/c1-3-15(23)22-8-7-13(11-22)21-16(18-4-2)20-10-12-5-6-14(17)19-9-12;/h5-6,9,13H,3-4,7-8,10-11H2,1-2H3,(H2,18,20,21);1H. The van der Waals surface area contributed by atoms with Gasteiger partial charge in [0.15, 0.2) is 5.96 Å². The third kappa shape index (κ3) is 6.43. The van der Waals surface area contributed by atoms with Crippen molar-refractivity contribution in [2.24, 2.45) is 4.99 Å². The van der Waals surface area contributed by atoms with Crippen LogP contribution in [-0.2, 0) is 11.3 Å². The van der Waals surface area contributed by atoms with E-state index in [4.69, 9.17) is 11.6 Å². The Labute approximate surface area is 165 Å². The van der Waals surface area contributed by atoms with E-state index >= 15 is 0 Å². The highest BCUT2D eigenvalue weighted by atomic mass is 127. The number of amides is 1. The van der Waals surface area contributed by atoms with Crippen LogP contribution in [0.5, 0.6) is 0 Å². The van der Waals surface area contributed by atoms with Crippen LogP contribution < -0.4 is 10.6 Å². The van der Waals surface area contributed by atoms with Crippen LogP contribution in [0, 0.1) is 0 Å². The van der Waals surface area contributed by atoms with Gasteiger partial charge < -0.3 is 15.5 Å². The molecule has 1 unspecified atom stereocenters. The highest BCUT2D eigenvalue weighted by molar-refractivity contribution is 14.0. The zero-order valence-corrected chi connectivity index (χ0v) is 17.2. The average molecular weight is 466 g/mol. The van der Waals surface area contributed by atoms with E-state index in [9.17, 15) is 4.79 Å². The lowest BCUT2D eigenvalue weighted by atomic mass is 10.2. The van der Waals surface area contributed by atoms with Crippen LogP contribution >= 0.6 is 35.6 Å². The molecule has 0 aromatic carbocycles. The molecule has 1 amide bonds. The third-order valence-electron chi connectivity index (χ3n) is 3.74. The van der Waals surface area contributed by atoms with E-state index in [1.807, 2.05) is 24.8 Å². The maximum absolute atomic E-state index is 11.7. The summed E-state index contributed by atoms with van der Waals surface area (Å²) in [6.45, 7) is 6.79. The quantitative estimate of drug-likeness (QED) is 0.303. The minimum atomic E-state index is 0. The first kappa shape index (κ1) is 21.0. The first-order chi connectivity index (χ1) is 11.1. The fraction of sp³-hybridized carbons (Fsp3) is 0.562. The number of hydrogen-bond donors (Lipinski definition) is 2. The van der Waals surface area contributed by atoms with Gasteiger partial charge in [0.1, 0.15) is 5.15 Å². The molecule has 0 bridgehead atoms. The molecule has 1 aromatic rings. The van der Waals surface area contributed by atoms with E-state index < -0.39 is 0 Å². The Bertz CT molecular complexity index is 552. The molecule has 0 radical (unpaired) electrons. The summed E-state index contributed by atoms with van der Waals surface area (Å²) in [5.74, 6) is 0.974. The Hall–Kier alpha value is -1.09. The summed E-state index contributed by atoms with van der Waals surface area (Å²) in [7, 11) is 0. The summed E-state index contributed by atoms with van der Waals surface area (Å²) in [6.07, 6.45) is 3.23. The number of pyridine rings is 1. The van der Waals surface area contributed by atoms with Crippen molar-refractivity contribution in [3.05, 3.63) is 29.0 Å². The smallest absolute Gasteiger partial charge is 0.222 e. The summed E-state index contributed by atoms with van der Waals surface area (Å²) in [5.41, 5.74) is 1.00. The molecule has 1 aromatic heterocycles. The van der Waals surface area contributed by atoms with Gasteiger partial charge in [-0.1, -0.05) is 24.6 Å². The van der Waals surface area contributed by atoms with Crippen molar-refractivity contribution in [2.75, 3.05) is 19.6 Å². The van der Waals surface area contributed by atoms with Crippen molar-refractivity contribution in [3.8, 4) is 0 Å². The Morgan fingerprint density at radius 2 is 2.25 bits per heavy atom. The van der Waals surface area contributed by atoms with Gasteiger partial charge >= 0.3 is 0 Å². The fourth-order valence-corrected chi connectivity index (χ4v) is 2.62. The monoisotopic (exact) mass is 465 g/mol. The molecule has 24 heavy (non-hydrogen) atoms. The summed E-state index contributed by atoms with van der Waals surface area (Å²) in [5, 5.41) is 7.13. The Morgan fingerprint density at radius 1 is 1.46 bits per heavy atom. The predicted molar refractivity (Wildman–Crippen MR) is 108 cm³/mol. The molecule has 1 fully saturated rings. The van der Waals surface area contributed by atoms with Crippen LogP contribution in [0.25, 0.3) is 0 Å². The lowest BCUT2D eigenvalue weighted by Crippen LogP contribution is -2.45. The van der Waals surface area contributed by atoms with Gasteiger partial charge in [-0.2, -0.15) is 0 Å². The van der Waals surface area contributed by atoms with Crippen LogP contribution in [-0.4, -0.2) is 47.4 Å². The summed E-state index contributed by atoms with van der Waals surface area (Å²) >= 11 is 5.78. The first-order valence-electron chi connectivity index (χ1n) is 8.05. The van der Waals surface area contributed by atoms with Crippen LogP contribution in [0.1, 0.15) is 32.3 Å². The largest absolute Gasteiger partial charge is 0.357 e. The Morgan fingerprint density at radius 3 is 2.88 bits per heavy atom. The lowest BCUT2D eigenvalue weighted by Gasteiger charge is -2.18. The van der Waals surface area contributed by atoms with Gasteiger partial charge in [0, 0.05) is 38.3 Å². The van der Waals surface area contributed by atoms with Gasteiger partial charge in [-0.25, -0.2) is 9.98 Å². The van der Waals surface area contributed by atoms with Crippen molar-refractivity contribution in [1.29, 1.82) is 0 Å². The minimum Gasteiger partial charge on any atom is -0.357 e. The van der Waals surface area contributed by atoms with Gasteiger partial charge in [0.25, 0.3) is 0 Å². The van der Waals surface area contributed by atoms with Gasteiger partial charge in [0.2, 0.25) is 5.91 Å². The molecule has 2 heterocycles. The van der Waals surface area contributed by atoms with Gasteiger partial charge in [-0.3, -0.25) is 4.79 Å². The molecular formula is C16H25ClIN5O. The van der Waals surface area contributed by atoms with Crippen molar-refractivity contribution in [1.82, 2.24) is 20.5 Å². The molecule has 0 aliphatic carbocycles. The fourth-order valence-electron chi connectivity index (χ4n) is 2.51. The second-order valence-electron chi connectivity index (χ2n) is 5.51. The molecular weight excluding hydrogens is 441 g/mol. The molecule has 0 spiro atoms. The van der Waals surface area contributed by atoms with Crippen molar-refractivity contribution < 1.29 is 4.79 Å². The number of nitrogens with zero attached hydrogens (tertiary/aromatic N) is 3. The molecule has 1 saturated heterocycles. The summed E-state index contributed by atoms with van der Waals surface area (Å²) in [4.78, 5) is 22.3. The predicted octanol–water partition coefficient (Wildman–Crippen LogP) is 2.42. The number of rotatable bonds is 5. The van der Waals surface area contributed by atoms with E-state index in [0.29, 0.717) is 18.1 Å². The second kappa shape index (κ2) is 10.7. The molecule has 6 nitrogen and oxygen atoms in total. The molecule has 1 aliphatic heterocycles. The Kier molecular flexibility index (Phi) is 9.35. The zero-order valence-electron chi connectivity index (χ0n) is 14.1. The van der Waals surface area contributed by atoms with Crippen LogP contribution in [0.15, 0.2) is 23.3 Å². The SMILES string of the molecule is CCNC(=NCc1ccc(Cl)nc1)NC1CCN(C(=O)CC)C1.I. The Balaban J connectivity index is 0.00000288. The highest BCUT2D eigenvalue weighted by Crippen LogP contribution is 2.11. The second-order valence-corrected chi connectivity index (χ2v) is 5.89. The number of aliphatic imine (C=N–C) groups is 1. The van der Waals surface area contributed by atoms with Gasteiger partial charge in [-0.15, -0.1) is 24.0 Å². The molecule has 8 heteroatoms. The summed E-state index contributed by atoms with van der Waals surface area (Å²) in [6, 6.07) is 3.92. The van der Waals surface area contributed by atoms with Gasteiger partial charge in [0.05, 0.1) is 6.54 Å². The number of aromatic nitrogens is 1. The minimum absolute atomic E-state index is 0. The van der Waals surface area contributed by atoms with Crippen LogP contribution in [0.2, 0.25) is 5.15 Å². The van der Waals surface area contributed by atoms with Gasteiger partial charge in [-0.05, 0) is 25.0 Å². The number of nitrogens with one attached hydrogen (secondary N) is 2. The van der Waals surface area contributed by atoms with E-state index in [-0.39, 0.29) is 35.9 Å². The van der Waals surface area contributed by atoms with E-state index in [1.165, 1.54) is 0 Å². The molecule has 2 rings (SSSR count). The molecule has 0 saturated carbocycles. The number of carbonyl (C=O) groups is 1. The first-order valence-corrected chi connectivity index (χ1v) is 8.43. The maximum Gasteiger partial charge on any atom is 0.222 e. The number of hydrogen-bond acceptors (Lipinski definition) is 3.